The lowest BCUT2D eigenvalue weighted by Crippen LogP contribution is -2.29. The fourth-order valence-electron chi connectivity index (χ4n) is 2.64. The van der Waals surface area contributed by atoms with Crippen molar-refractivity contribution in [2.45, 2.75) is 46.0 Å². The van der Waals surface area contributed by atoms with Gasteiger partial charge in [0.05, 0.1) is 0 Å². The maximum Gasteiger partial charge on any atom is 0.138 e. The van der Waals surface area contributed by atoms with Crippen molar-refractivity contribution in [1.82, 2.24) is 14.9 Å². The Balaban J connectivity index is 1.91. The van der Waals surface area contributed by atoms with E-state index < -0.39 is 0 Å². The van der Waals surface area contributed by atoms with Gasteiger partial charge >= 0.3 is 0 Å². The second kappa shape index (κ2) is 6.60. The minimum Gasteiger partial charge on any atom is -0.384 e. The molecule has 1 aromatic rings. The fraction of sp³-hybridized carbons (Fsp3) is 0.750. The van der Waals surface area contributed by atoms with E-state index in [1.165, 1.54) is 25.9 Å². The first-order valence-electron chi connectivity index (χ1n) is 7.96. The van der Waals surface area contributed by atoms with Crippen LogP contribution in [0.2, 0.25) is 0 Å². The van der Waals surface area contributed by atoms with Gasteiger partial charge in [-0.15, -0.1) is 0 Å². The number of nitrogens with two attached hydrogens (primary N) is 1. The van der Waals surface area contributed by atoms with Gasteiger partial charge in [-0.1, -0.05) is 27.7 Å². The highest BCUT2D eigenvalue weighted by molar-refractivity contribution is 5.45. The monoisotopic (exact) mass is 291 g/mol. The molecule has 0 aliphatic carbocycles. The van der Waals surface area contributed by atoms with E-state index >= 15 is 0 Å². The molecule has 0 aromatic carbocycles. The van der Waals surface area contributed by atoms with Crippen molar-refractivity contribution in [3.05, 3.63) is 11.9 Å². The van der Waals surface area contributed by atoms with Crippen molar-refractivity contribution in [1.29, 1.82) is 0 Å². The molecule has 5 nitrogen and oxygen atoms in total. The van der Waals surface area contributed by atoms with E-state index in [9.17, 15) is 0 Å². The number of hydrogen-bond acceptors (Lipinski definition) is 5. The standard InChI is InChI=1S/C16H29N5/c1-12(11-21-7-5-6-8-21)10-18-14-9-13(17)19-15(20-14)16(2,3)4/h9,12H,5-8,10-11H2,1-4H3,(H3,17,18,19,20). The number of hydrogen-bond donors (Lipinski definition) is 2. The van der Waals surface area contributed by atoms with Crippen LogP contribution in [0.25, 0.3) is 0 Å². The van der Waals surface area contributed by atoms with Crippen molar-refractivity contribution in [3.8, 4) is 0 Å². The summed E-state index contributed by atoms with van der Waals surface area (Å²) in [6, 6.07) is 1.82. The second-order valence-corrected chi connectivity index (χ2v) is 7.25. The Morgan fingerprint density at radius 2 is 1.95 bits per heavy atom. The van der Waals surface area contributed by atoms with Crippen LogP contribution in [0.5, 0.6) is 0 Å². The highest BCUT2D eigenvalue weighted by Gasteiger charge is 2.19. The summed E-state index contributed by atoms with van der Waals surface area (Å²) in [6.45, 7) is 13.1. The van der Waals surface area contributed by atoms with E-state index in [2.05, 4.69) is 47.9 Å². The zero-order valence-electron chi connectivity index (χ0n) is 13.8. The van der Waals surface area contributed by atoms with Gasteiger partial charge in [0, 0.05) is 24.6 Å². The Labute approximate surface area is 128 Å². The minimum absolute atomic E-state index is 0.0903. The molecule has 1 aliphatic heterocycles. The van der Waals surface area contributed by atoms with Gasteiger partial charge in [0.2, 0.25) is 0 Å². The molecular weight excluding hydrogens is 262 g/mol. The molecule has 0 bridgehead atoms. The molecule has 1 saturated heterocycles. The SMILES string of the molecule is CC(CNc1cc(N)nc(C(C)(C)C)n1)CN1CCCC1. The van der Waals surface area contributed by atoms with E-state index in [0.29, 0.717) is 11.7 Å². The number of nitrogens with one attached hydrogen (secondary N) is 1. The minimum atomic E-state index is -0.0903. The molecule has 1 aromatic heterocycles. The van der Waals surface area contributed by atoms with Gasteiger partial charge in [0.25, 0.3) is 0 Å². The van der Waals surface area contributed by atoms with Crippen LogP contribution >= 0.6 is 0 Å². The third kappa shape index (κ3) is 4.84. The zero-order chi connectivity index (χ0) is 15.5. The Morgan fingerprint density at radius 1 is 1.29 bits per heavy atom. The first kappa shape index (κ1) is 16.0. The number of nitrogens with zero attached hydrogens (tertiary/aromatic N) is 3. The number of rotatable bonds is 5. The van der Waals surface area contributed by atoms with Crippen molar-refractivity contribution < 1.29 is 0 Å². The fourth-order valence-corrected chi connectivity index (χ4v) is 2.64. The van der Waals surface area contributed by atoms with Crippen molar-refractivity contribution in [2.24, 2.45) is 5.92 Å². The van der Waals surface area contributed by atoms with Gasteiger partial charge in [-0.2, -0.15) is 0 Å². The average Bonchev–Trinajstić information content (AvgIpc) is 2.87. The summed E-state index contributed by atoms with van der Waals surface area (Å²) < 4.78 is 0. The van der Waals surface area contributed by atoms with Crippen molar-refractivity contribution >= 4 is 11.6 Å². The number of likely N-dealkylation sites (tertiary alicyclic amines) is 1. The van der Waals surface area contributed by atoms with Gasteiger partial charge in [-0.25, -0.2) is 9.97 Å². The molecule has 3 N–H and O–H groups in total. The number of aromatic nitrogens is 2. The van der Waals surface area contributed by atoms with Crippen LogP contribution in [0.1, 0.15) is 46.4 Å². The smallest absolute Gasteiger partial charge is 0.138 e. The van der Waals surface area contributed by atoms with E-state index in [-0.39, 0.29) is 5.41 Å². The molecule has 1 aliphatic rings. The third-order valence-corrected chi connectivity index (χ3v) is 3.82. The molecule has 5 heteroatoms. The highest BCUT2D eigenvalue weighted by Crippen LogP contribution is 2.21. The topological polar surface area (TPSA) is 67.1 Å². The summed E-state index contributed by atoms with van der Waals surface area (Å²) in [5, 5.41) is 3.41. The lowest BCUT2D eigenvalue weighted by atomic mass is 9.96. The predicted octanol–water partition coefficient (Wildman–Crippen LogP) is 2.50. The van der Waals surface area contributed by atoms with Gasteiger partial charge in [-0.3, -0.25) is 0 Å². The Bertz CT molecular complexity index is 460. The molecule has 2 heterocycles. The van der Waals surface area contributed by atoms with Gasteiger partial charge < -0.3 is 16.0 Å². The first-order chi connectivity index (χ1) is 9.84. The molecule has 21 heavy (non-hydrogen) atoms. The first-order valence-corrected chi connectivity index (χ1v) is 7.96. The van der Waals surface area contributed by atoms with Crippen LogP contribution in [0.15, 0.2) is 6.07 Å². The molecular formula is C16H29N5. The number of anilines is 2. The summed E-state index contributed by atoms with van der Waals surface area (Å²) in [5.41, 5.74) is 5.80. The molecule has 0 saturated carbocycles. The van der Waals surface area contributed by atoms with Crippen LogP contribution in [0, 0.1) is 5.92 Å². The van der Waals surface area contributed by atoms with Crippen LogP contribution in [0.3, 0.4) is 0 Å². The molecule has 1 unspecified atom stereocenters. The van der Waals surface area contributed by atoms with E-state index in [0.717, 1.165) is 24.7 Å². The maximum absolute atomic E-state index is 5.90. The molecule has 1 fully saturated rings. The van der Waals surface area contributed by atoms with Crippen LogP contribution in [-0.4, -0.2) is 41.0 Å². The molecule has 2 rings (SSSR count). The average molecular weight is 291 g/mol. The summed E-state index contributed by atoms with van der Waals surface area (Å²) in [6.07, 6.45) is 2.69. The van der Waals surface area contributed by atoms with Crippen molar-refractivity contribution in [3.63, 3.8) is 0 Å². The van der Waals surface area contributed by atoms with E-state index in [1.54, 1.807) is 0 Å². The van der Waals surface area contributed by atoms with E-state index in [4.69, 9.17) is 5.73 Å². The molecule has 118 valence electrons. The Kier molecular flexibility index (Phi) is 5.04. The lowest BCUT2D eigenvalue weighted by Gasteiger charge is -2.21. The molecule has 1 atom stereocenters. The second-order valence-electron chi connectivity index (χ2n) is 7.25. The summed E-state index contributed by atoms with van der Waals surface area (Å²) in [5.74, 6) is 2.75. The van der Waals surface area contributed by atoms with Crippen LogP contribution in [-0.2, 0) is 5.41 Å². The summed E-state index contributed by atoms with van der Waals surface area (Å²) in [7, 11) is 0. The van der Waals surface area contributed by atoms with Crippen LogP contribution in [0.4, 0.5) is 11.6 Å². The Hall–Kier alpha value is -1.36. The van der Waals surface area contributed by atoms with Crippen molar-refractivity contribution in [2.75, 3.05) is 37.2 Å². The predicted molar refractivity (Wildman–Crippen MR) is 88.5 cm³/mol. The van der Waals surface area contributed by atoms with Gasteiger partial charge in [0.15, 0.2) is 0 Å². The van der Waals surface area contributed by atoms with Gasteiger partial charge in [0.1, 0.15) is 17.5 Å². The van der Waals surface area contributed by atoms with E-state index in [1.807, 2.05) is 6.07 Å². The van der Waals surface area contributed by atoms with Gasteiger partial charge in [-0.05, 0) is 31.8 Å². The summed E-state index contributed by atoms with van der Waals surface area (Å²) in [4.78, 5) is 11.5. The molecule has 0 radical (unpaired) electrons. The summed E-state index contributed by atoms with van der Waals surface area (Å²) >= 11 is 0. The number of nitrogen functional groups attached to an aromatic ring is 1. The highest BCUT2D eigenvalue weighted by atomic mass is 15.1. The molecule has 0 amide bonds. The quantitative estimate of drug-likeness (QED) is 0.872. The van der Waals surface area contributed by atoms with Crippen LogP contribution < -0.4 is 11.1 Å². The largest absolute Gasteiger partial charge is 0.384 e. The zero-order valence-corrected chi connectivity index (χ0v) is 13.8. The normalized spacial score (nSPS) is 17.9. The maximum atomic E-state index is 5.90. The third-order valence-electron chi connectivity index (χ3n) is 3.82. The molecule has 0 spiro atoms. The Morgan fingerprint density at radius 3 is 2.57 bits per heavy atom. The lowest BCUT2D eigenvalue weighted by molar-refractivity contribution is 0.294.